The number of carbonyl (C=O) groups excluding carboxylic acids is 2. The Hall–Kier alpha value is -2.55. The van der Waals surface area contributed by atoms with Gasteiger partial charge in [-0.1, -0.05) is 299 Å². The number of phosphoric ester groups is 1. The van der Waals surface area contributed by atoms with Crippen LogP contribution in [0, 0.1) is 0 Å². The first kappa shape index (κ1) is 82.5. The van der Waals surface area contributed by atoms with Crippen LogP contribution in [0.3, 0.4) is 0 Å². The predicted octanol–water partition coefficient (Wildman–Crippen LogP) is 22.5. The van der Waals surface area contributed by atoms with Gasteiger partial charge in [-0.25, -0.2) is 0 Å². The highest BCUT2D eigenvalue weighted by Gasteiger charge is 2.27. The molecule has 0 aliphatic carbocycles. The summed E-state index contributed by atoms with van der Waals surface area (Å²) in [7, 11) is 1.19. The molecule has 85 heavy (non-hydrogen) atoms. The maximum atomic E-state index is 13.6. The fourth-order valence-corrected chi connectivity index (χ4v) is 11.2. The Labute approximate surface area is 527 Å². The molecule has 1 N–H and O–H groups in total. The van der Waals surface area contributed by atoms with Crippen LogP contribution in [0.15, 0.2) is 72.9 Å². The zero-order valence-electron chi connectivity index (χ0n) is 56.8. The van der Waals surface area contributed by atoms with Crippen molar-refractivity contribution in [2.45, 2.75) is 354 Å². The molecule has 10 heteroatoms. The third-order valence-corrected chi connectivity index (χ3v) is 17.1. The smallest absolute Gasteiger partial charge is 0.306 e. The zero-order valence-corrected chi connectivity index (χ0v) is 57.7. The summed E-state index contributed by atoms with van der Waals surface area (Å²) in [6.07, 6.45) is 84.6. The lowest BCUT2D eigenvalue weighted by molar-refractivity contribution is -0.870. The molecule has 0 spiro atoms. The average Bonchev–Trinajstić information content (AvgIpc) is 3.62. The third kappa shape index (κ3) is 65.7. The summed E-state index contributed by atoms with van der Waals surface area (Å²) in [5, 5.41) is 3.04. The number of phosphoric acid groups is 1. The second-order valence-corrected chi connectivity index (χ2v) is 27.1. The van der Waals surface area contributed by atoms with Gasteiger partial charge in [0.15, 0.2) is 0 Å². The SMILES string of the molecule is CCCCC/C=C\C/C=C\C/C=C\CCCCCCCCCCCCC(=O)NC(COP(=O)([O-])OCC[N+](C)(C)C)C(/C=C/CCCCCCCCCCC)OC(=O)CCCCCCCCCCCCCCCCC/C=C\C/C=C\CCCCC. The van der Waals surface area contributed by atoms with E-state index in [0.717, 1.165) is 89.9 Å². The van der Waals surface area contributed by atoms with E-state index >= 15 is 0 Å². The van der Waals surface area contributed by atoms with Crippen molar-refractivity contribution in [3.63, 3.8) is 0 Å². The largest absolute Gasteiger partial charge is 0.756 e. The number of nitrogens with one attached hydrogen (secondary N) is 1. The minimum atomic E-state index is -4.71. The monoisotopic (exact) mass is 1210 g/mol. The topological polar surface area (TPSA) is 114 Å². The summed E-state index contributed by atoms with van der Waals surface area (Å²) in [5.41, 5.74) is 0. The normalized spacial score (nSPS) is 13.9. The molecule has 1 amide bonds. The quantitative estimate of drug-likeness (QED) is 0.0212. The zero-order chi connectivity index (χ0) is 62.1. The van der Waals surface area contributed by atoms with Crippen molar-refractivity contribution in [2.24, 2.45) is 0 Å². The molecule has 0 fully saturated rings. The maximum absolute atomic E-state index is 13.6. The van der Waals surface area contributed by atoms with E-state index in [1.807, 2.05) is 33.3 Å². The number of hydrogen-bond acceptors (Lipinski definition) is 7. The van der Waals surface area contributed by atoms with E-state index in [9.17, 15) is 19.0 Å². The molecule has 3 unspecified atom stereocenters. The number of carbonyl (C=O) groups is 2. The minimum Gasteiger partial charge on any atom is -0.756 e. The lowest BCUT2D eigenvalue weighted by Gasteiger charge is -2.30. The molecule has 0 aromatic heterocycles. The fourth-order valence-electron chi connectivity index (χ4n) is 10.5. The number of amides is 1. The summed E-state index contributed by atoms with van der Waals surface area (Å²) in [5.74, 6) is -0.536. The van der Waals surface area contributed by atoms with Crippen molar-refractivity contribution in [1.29, 1.82) is 0 Å². The van der Waals surface area contributed by atoms with Gasteiger partial charge in [-0.3, -0.25) is 14.2 Å². The van der Waals surface area contributed by atoms with Crippen molar-refractivity contribution in [2.75, 3.05) is 40.9 Å². The van der Waals surface area contributed by atoms with Gasteiger partial charge in [0.2, 0.25) is 5.91 Å². The van der Waals surface area contributed by atoms with Gasteiger partial charge in [0, 0.05) is 12.8 Å². The van der Waals surface area contributed by atoms with Crippen molar-refractivity contribution in [3.8, 4) is 0 Å². The molecule has 0 bridgehead atoms. The second-order valence-electron chi connectivity index (χ2n) is 25.7. The van der Waals surface area contributed by atoms with Crippen LogP contribution < -0.4 is 10.2 Å². The van der Waals surface area contributed by atoms with Gasteiger partial charge >= 0.3 is 5.97 Å². The fraction of sp³-hybridized carbons (Fsp3) is 0.813. The van der Waals surface area contributed by atoms with Crippen LogP contribution in [-0.2, 0) is 27.9 Å². The van der Waals surface area contributed by atoms with E-state index in [1.165, 1.54) is 218 Å². The Kier molecular flexibility index (Phi) is 62.5. The van der Waals surface area contributed by atoms with Gasteiger partial charge in [-0.05, 0) is 102 Å². The molecule has 0 aromatic rings. The number of likely N-dealkylation sites (N-methyl/N-ethyl adjacent to an activating group) is 1. The lowest BCUT2D eigenvalue weighted by atomic mass is 10.0. The van der Waals surface area contributed by atoms with Crippen LogP contribution >= 0.6 is 7.82 Å². The van der Waals surface area contributed by atoms with Gasteiger partial charge in [0.1, 0.15) is 19.3 Å². The molecule has 0 heterocycles. The van der Waals surface area contributed by atoms with E-state index in [0.29, 0.717) is 17.4 Å². The van der Waals surface area contributed by atoms with Crippen LogP contribution in [0.2, 0.25) is 0 Å². The molecule has 0 aromatic carbocycles. The summed E-state index contributed by atoms with van der Waals surface area (Å²) < 4.78 is 30.4. The van der Waals surface area contributed by atoms with Gasteiger partial charge < -0.3 is 28.5 Å². The minimum absolute atomic E-state index is 0.0239. The van der Waals surface area contributed by atoms with E-state index in [2.05, 4.69) is 86.8 Å². The molecule has 9 nitrogen and oxygen atoms in total. The molecule has 0 rings (SSSR count). The average molecular weight is 1210 g/mol. The highest BCUT2D eigenvalue weighted by molar-refractivity contribution is 7.45. The number of unbranched alkanes of at least 4 members (excludes halogenated alkanes) is 40. The van der Waals surface area contributed by atoms with Crippen LogP contribution in [0.5, 0.6) is 0 Å². The lowest BCUT2D eigenvalue weighted by Crippen LogP contribution is -2.47. The molecule has 0 saturated heterocycles. The van der Waals surface area contributed by atoms with Gasteiger partial charge in [-0.15, -0.1) is 0 Å². The first-order valence-corrected chi connectivity index (χ1v) is 37.7. The number of esters is 1. The summed E-state index contributed by atoms with van der Waals surface area (Å²) in [4.78, 5) is 40.2. The number of quaternary nitrogens is 1. The highest BCUT2D eigenvalue weighted by atomic mass is 31.2. The number of nitrogens with zero attached hydrogens (tertiary/aromatic N) is 1. The molecular weight excluding hydrogens is 1070 g/mol. The third-order valence-electron chi connectivity index (χ3n) is 16.1. The van der Waals surface area contributed by atoms with Crippen molar-refractivity contribution in [1.82, 2.24) is 5.32 Å². The molecule has 0 saturated carbocycles. The van der Waals surface area contributed by atoms with E-state index < -0.39 is 20.0 Å². The van der Waals surface area contributed by atoms with E-state index in [1.54, 1.807) is 0 Å². The molecule has 0 radical (unpaired) electrons. The number of hydrogen-bond donors (Lipinski definition) is 1. The summed E-state index contributed by atoms with van der Waals surface area (Å²) in [6, 6.07) is -0.893. The molecule has 3 atom stereocenters. The maximum Gasteiger partial charge on any atom is 0.306 e. The van der Waals surface area contributed by atoms with Gasteiger partial charge in [-0.2, -0.15) is 0 Å². The first-order valence-electron chi connectivity index (χ1n) is 36.2. The molecule has 0 aliphatic rings. The van der Waals surface area contributed by atoms with E-state index in [-0.39, 0.29) is 31.5 Å². The standard InChI is InChI=1S/C75H139N2O7P/c1-7-10-13-16-19-22-25-27-29-31-33-35-37-38-40-42-44-46-48-50-53-56-59-62-65-68-75(79)84-73(66-63-60-57-54-51-24-21-18-15-12-9-3)72(71-83-85(80,81)82-70-69-77(4,5)6)76-74(78)67-64-61-58-55-52-49-47-45-43-41-39-36-34-32-30-28-26-23-20-17-14-11-8-2/h19-20,22-23,27-30,34,36,63,66,72-73H,7-18,21,24-26,31-33,35,37-62,64-65,67-71H2,1-6H3,(H-,76,78,80,81)/b22-19-,23-20-,29-27-,30-28-,36-34-,66-63+. The highest BCUT2D eigenvalue weighted by Crippen LogP contribution is 2.38. The first-order chi connectivity index (χ1) is 41.4. The van der Waals surface area contributed by atoms with Crippen molar-refractivity contribution < 1.29 is 37.3 Å². The van der Waals surface area contributed by atoms with Gasteiger partial charge in [0.05, 0.1) is 33.8 Å². The molecular formula is C75H139N2O7P. The van der Waals surface area contributed by atoms with Crippen LogP contribution in [-0.4, -0.2) is 69.4 Å². The van der Waals surface area contributed by atoms with Crippen molar-refractivity contribution in [3.05, 3.63) is 72.9 Å². The van der Waals surface area contributed by atoms with Crippen LogP contribution in [0.25, 0.3) is 0 Å². The Morgan fingerprint density at radius 3 is 1.09 bits per heavy atom. The van der Waals surface area contributed by atoms with E-state index in [4.69, 9.17) is 13.8 Å². The predicted molar refractivity (Wildman–Crippen MR) is 367 cm³/mol. The number of rotatable bonds is 66. The Bertz CT molecular complexity index is 1680. The van der Waals surface area contributed by atoms with Crippen molar-refractivity contribution >= 4 is 19.7 Å². The Morgan fingerprint density at radius 1 is 0.412 bits per heavy atom. The molecule has 0 aliphatic heterocycles. The summed E-state index contributed by atoms with van der Waals surface area (Å²) in [6.45, 7) is 6.82. The van der Waals surface area contributed by atoms with Crippen LogP contribution in [0.1, 0.15) is 342 Å². The number of allylic oxidation sites excluding steroid dienone is 11. The summed E-state index contributed by atoms with van der Waals surface area (Å²) >= 11 is 0. The molecule has 496 valence electrons. The Balaban J connectivity index is 4.99. The Morgan fingerprint density at radius 2 is 0.718 bits per heavy atom. The second kappa shape index (κ2) is 64.4. The van der Waals surface area contributed by atoms with Gasteiger partial charge in [0.25, 0.3) is 7.82 Å². The van der Waals surface area contributed by atoms with Crippen LogP contribution in [0.4, 0.5) is 0 Å². The number of ether oxygens (including phenoxy) is 1.